The highest BCUT2D eigenvalue weighted by atomic mass is 35.5. The monoisotopic (exact) mass is 508 g/mol. The van der Waals surface area contributed by atoms with Gasteiger partial charge in [-0.05, 0) is 49.4 Å². The van der Waals surface area contributed by atoms with E-state index in [0.29, 0.717) is 44.7 Å². The average Bonchev–Trinajstić information content (AvgIpc) is 3.02. The van der Waals surface area contributed by atoms with E-state index >= 15 is 0 Å². The molecule has 2 N–H and O–H groups in total. The van der Waals surface area contributed by atoms with E-state index in [1.807, 2.05) is 0 Å². The Bertz CT molecular complexity index is 1260. The van der Waals surface area contributed by atoms with Crippen LogP contribution in [0.5, 0.6) is 0 Å². The van der Waals surface area contributed by atoms with Gasteiger partial charge in [0.05, 0.1) is 16.1 Å². The molecule has 3 amide bonds. The number of imide groups is 1. The van der Waals surface area contributed by atoms with Gasteiger partial charge in [-0.25, -0.2) is 17.9 Å². The Morgan fingerprint density at radius 1 is 0.971 bits per heavy atom. The SMILES string of the molecule is NS(=O)(=O)c1cc2c(cc1Cl)C(=O)N(CCCN1CCN(C(=O)c3ccc(F)cc3)CC1)C2=O. The lowest BCUT2D eigenvalue weighted by Gasteiger charge is -2.35. The highest BCUT2D eigenvalue weighted by Gasteiger charge is 2.37. The van der Waals surface area contributed by atoms with Gasteiger partial charge in [-0.2, -0.15) is 0 Å². The molecule has 0 unspecified atom stereocenters. The van der Waals surface area contributed by atoms with Crippen LogP contribution < -0.4 is 5.14 Å². The molecule has 1 saturated heterocycles. The summed E-state index contributed by atoms with van der Waals surface area (Å²) in [4.78, 5) is 42.4. The first-order chi connectivity index (χ1) is 16.1. The van der Waals surface area contributed by atoms with Crippen LogP contribution in [0.2, 0.25) is 5.02 Å². The number of halogens is 2. The fourth-order valence-corrected chi connectivity index (χ4v) is 5.21. The van der Waals surface area contributed by atoms with Crippen molar-refractivity contribution in [2.24, 2.45) is 5.14 Å². The highest BCUT2D eigenvalue weighted by Crippen LogP contribution is 2.31. The molecule has 4 rings (SSSR count). The largest absolute Gasteiger partial charge is 0.336 e. The van der Waals surface area contributed by atoms with Crippen LogP contribution in [0.15, 0.2) is 41.3 Å². The zero-order valence-corrected chi connectivity index (χ0v) is 19.6. The molecule has 0 saturated carbocycles. The maximum atomic E-state index is 13.1. The van der Waals surface area contributed by atoms with Crippen molar-refractivity contribution < 1.29 is 27.2 Å². The van der Waals surface area contributed by atoms with Crippen molar-refractivity contribution in [3.05, 3.63) is 63.9 Å². The number of carbonyl (C=O) groups excluding carboxylic acids is 3. The molecule has 2 aromatic rings. The molecule has 9 nitrogen and oxygen atoms in total. The molecule has 0 atom stereocenters. The van der Waals surface area contributed by atoms with Crippen molar-refractivity contribution in [3.8, 4) is 0 Å². The topological polar surface area (TPSA) is 121 Å². The third-order valence-electron chi connectivity index (χ3n) is 5.94. The summed E-state index contributed by atoms with van der Waals surface area (Å²) in [5.74, 6) is -1.66. The number of nitrogens with zero attached hydrogens (tertiary/aromatic N) is 3. The summed E-state index contributed by atoms with van der Waals surface area (Å²) in [5.41, 5.74) is 0.452. The van der Waals surface area contributed by atoms with E-state index in [4.69, 9.17) is 16.7 Å². The van der Waals surface area contributed by atoms with E-state index in [0.717, 1.165) is 17.0 Å². The summed E-state index contributed by atoms with van der Waals surface area (Å²) in [7, 11) is -4.14. The summed E-state index contributed by atoms with van der Waals surface area (Å²) in [6.45, 7) is 3.04. The van der Waals surface area contributed by atoms with Crippen LogP contribution in [0.4, 0.5) is 4.39 Å². The number of carbonyl (C=O) groups is 3. The Balaban J connectivity index is 1.30. The molecule has 0 bridgehead atoms. The molecular weight excluding hydrogens is 487 g/mol. The second-order valence-corrected chi connectivity index (χ2v) is 10.1. The highest BCUT2D eigenvalue weighted by molar-refractivity contribution is 7.89. The first-order valence-corrected chi connectivity index (χ1v) is 12.5. The molecule has 2 aliphatic heterocycles. The number of hydrogen-bond donors (Lipinski definition) is 1. The second kappa shape index (κ2) is 9.41. The predicted octanol–water partition coefficient (Wildman–Crippen LogP) is 1.57. The molecule has 0 spiro atoms. The molecule has 1 fully saturated rings. The number of hydrogen-bond acceptors (Lipinski definition) is 6. The minimum absolute atomic E-state index is 0.0358. The smallest absolute Gasteiger partial charge is 0.261 e. The van der Waals surface area contributed by atoms with Crippen LogP contribution in [0, 0.1) is 5.82 Å². The normalized spacial score (nSPS) is 16.8. The van der Waals surface area contributed by atoms with E-state index in [1.54, 1.807) is 4.90 Å². The number of piperazine rings is 1. The number of primary sulfonamides is 1. The van der Waals surface area contributed by atoms with Gasteiger partial charge in [0.25, 0.3) is 17.7 Å². The molecule has 2 aromatic carbocycles. The fourth-order valence-electron chi connectivity index (χ4n) is 4.11. The Morgan fingerprint density at radius 3 is 2.15 bits per heavy atom. The molecule has 2 heterocycles. The summed E-state index contributed by atoms with van der Waals surface area (Å²) in [5, 5.41) is 4.92. The van der Waals surface area contributed by atoms with Crippen LogP contribution in [0.1, 0.15) is 37.5 Å². The molecule has 0 radical (unpaired) electrons. The molecular formula is C22H22ClFN4O5S. The van der Waals surface area contributed by atoms with E-state index in [2.05, 4.69) is 4.90 Å². The summed E-state index contributed by atoms with van der Waals surface area (Å²) in [6.07, 6.45) is 0.507. The molecule has 0 aromatic heterocycles. The molecule has 34 heavy (non-hydrogen) atoms. The van der Waals surface area contributed by atoms with Gasteiger partial charge in [-0.1, -0.05) is 11.6 Å². The zero-order valence-electron chi connectivity index (χ0n) is 18.0. The van der Waals surface area contributed by atoms with Crippen molar-refractivity contribution in [2.75, 3.05) is 39.3 Å². The molecule has 0 aliphatic carbocycles. The number of sulfonamides is 1. The lowest BCUT2D eigenvalue weighted by Crippen LogP contribution is -2.49. The Morgan fingerprint density at radius 2 is 1.56 bits per heavy atom. The third kappa shape index (κ3) is 4.83. The van der Waals surface area contributed by atoms with Gasteiger partial charge in [-0.3, -0.25) is 24.2 Å². The zero-order chi connectivity index (χ0) is 24.6. The number of nitrogens with two attached hydrogens (primary N) is 1. The van der Waals surface area contributed by atoms with Crippen molar-refractivity contribution in [3.63, 3.8) is 0 Å². The first-order valence-electron chi connectivity index (χ1n) is 10.6. The van der Waals surface area contributed by atoms with Gasteiger partial charge in [0.1, 0.15) is 10.7 Å². The van der Waals surface area contributed by atoms with E-state index in [-0.39, 0.29) is 28.6 Å². The molecule has 12 heteroatoms. The van der Waals surface area contributed by atoms with Crippen molar-refractivity contribution in [2.45, 2.75) is 11.3 Å². The average molecular weight is 509 g/mol. The number of benzene rings is 2. The Labute approximate surface area is 200 Å². The molecule has 180 valence electrons. The van der Waals surface area contributed by atoms with Crippen LogP contribution in [0.25, 0.3) is 0 Å². The van der Waals surface area contributed by atoms with Crippen molar-refractivity contribution in [1.82, 2.24) is 14.7 Å². The van der Waals surface area contributed by atoms with Crippen LogP contribution >= 0.6 is 11.6 Å². The maximum absolute atomic E-state index is 13.1. The van der Waals surface area contributed by atoms with Crippen LogP contribution in [-0.2, 0) is 10.0 Å². The van der Waals surface area contributed by atoms with Gasteiger partial charge >= 0.3 is 0 Å². The van der Waals surface area contributed by atoms with Gasteiger partial charge in [0.15, 0.2) is 0 Å². The minimum atomic E-state index is -4.14. The Hall–Kier alpha value is -2.86. The quantitative estimate of drug-likeness (QED) is 0.591. The number of rotatable bonds is 6. The van der Waals surface area contributed by atoms with Crippen LogP contribution in [-0.4, -0.2) is 80.1 Å². The lowest BCUT2D eigenvalue weighted by molar-refractivity contribution is 0.0595. The minimum Gasteiger partial charge on any atom is -0.336 e. The van der Waals surface area contributed by atoms with E-state index in [9.17, 15) is 27.2 Å². The number of fused-ring (bicyclic) bond motifs is 1. The third-order valence-corrected chi connectivity index (χ3v) is 7.31. The first kappa shape index (κ1) is 24.3. The van der Waals surface area contributed by atoms with Gasteiger partial charge in [0, 0.05) is 38.3 Å². The fraction of sp³-hybridized carbons (Fsp3) is 0.318. The van der Waals surface area contributed by atoms with Crippen LogP contribution in [0.3, 0.4) is 0 Å². The van der Waals surface area contributed by atoms with Gasteiger partial charge < -0.3 is 4.90 Å². The van der Waals surface area contributed by atoms with E-state index < -0.39 is 32.6 Å². The standard InChI is InChI=1S/C22H22ClFN4O5S/c23-18-12-16-17(13-19(18)34(25,32)33)22(31)28(21(16)30)7-1-6-26-8-10-27(11-9-26)20(29)14-2-4-15(24)5-3-14/h2-5,12-13H,1,6-11H2,(H2,25,32,33). The van der Waals surface area contributed by atoms with Crippen molar-refractivity contribution >= 4 is 39.3 Å². The number of amides is 3. The molecule has 2 aliphatic rings. The summed E-state index contributed by atoms with van der Waals surface area (Å²) >= 11 is 5.95. The Kier molecular flexibility index (Phi) is 6.72. The van der Waals surface area contributed by atoms with E-state index in [1.165, 1.54) is 24.3 Å². The lowest BCUT2D eigenvalue weighted by atomic mass is 10.1. The summed E-state index contributed by atoms with van der Waals surface area (Å²) < 4.78 is 36.4. The maximum Gasteiger partial charge on any atom is 0.261 e. The summed E-state index contributed by atoms with van der Waals surface area (Å²) in [6, 6.07) is 7.65. The van der Waals surface area contributed by atoms with Gasteiger partial charge in [0.2, 0.25) is 10.0 Å². The second-order valence-electron chi connectivity index (χ2n) is 8.13. The predicted molar refractivity (Wildman–Crippen MR) is 122 cm³/mol. The van der Waals surface area contributed by atoms with Gasteiger partial charge in [-0.15, -0.1) is 0 Å². The van der Waals surface area contributed by atoms with Crippen molar-refractivity contribution in [1.29, 1.82) is 0 Å².